The summed E-state index contributed by atoms with van der Waals surface area (Å²) in [4.78, 5) is 3.90. The van der Waals surface area contributed by atoms with E-state index in [1.54, 1.807) is 6.08 Å². The Labute approximate surface area is 58.9 Å². The number of aliphatic hydroxyl groups excluding tert-OH is 1. The van der Waals surface area contributed by atoms with Crippen molar-refractivity contribution in [2.24, 2.45) is 4.99 Å². The van der Waals surface area contributed by atoms with Crippen molar-refractivity contribution >= 4 is 5.71 Å². The summed E-state index contributed by atoms with van der Waals surface area (Å²) in [5, 5.41) is 8.95. The van der Waals surface area contributed by atoms with Crippen LogP contribution in [-0.2, 0) is 0 Å². The Hall–Kier alpha value is -1.31. The number of nitrogens with zero attached hydrogens (tertiary/aromatic N) is 1. The number of allylic oxidation sites excluding steroid dienone is 5. The number of aliphatic imine (C=N–C) groups is 1. The molecule has 1 heterocycles. The summed E-state index contributed by atoms with van der Waals surface area (Å²) in [6.45, 7) is 0. The Morgan fingerprint density at radius 1 is 1.60 bits per heavy atom. The molecule has 0 atom stereocenters. The fourth-order valence-corrected chi connectivity index (χ4v) is 1.05. The number of hydrogen-bond acceptors (Lipinski definition) is 2. The molecule has 0 saturated heterocycles. The number of fused-ring (bicyclic) bond motifs is 1. The lowest BCUT2D eigenvalue weighted by Gasteiger charge is -2.00. The van der Waals surface area contributed by atoms with Gasteiger partial charge in [-0.2, -0.15) is 0 Å². The SMILES string of the molecule is OC1=CC2=C[C]=CCC2=N1. The molecule has 0 bridgehead atoms. The molecule has 1 radical (unpaired) electrons. The van der Waals surface area contributed by atoms with Gasteiger partial charge in [-0.3, -0.25) is 0 Å². The van der Waals surface area contributed by atoms with Crippen LogP contribution in [0.25, 0.3) is 0 Å². The van der Waals surface area contributed by atoms with E-state index in [2.05, 4.69) is 11.1 Å². The maximum Gasteiger partial charge on any atom is 0.211 e. The van der Waals surface area contributed by atoms with E-state index in [0.717, 1.165) is 17.7 Å². The molecule has 0 unspecified atom stereocenters. The summed E-state index contributed by atoms with van der Waals surface area (Å²) in [6.07, 6.45) is 9.11. The average Bonchev–Trinajstić information content (AvgIpc) is 2.27. The highest BCUT2D eigenvalue weighted by Gasteiger charge is 2.13. The van der Waals surface area contributed by atoms with Crippen LogP contribution >= 0.6 is 0 Å². The van der Waals surface area contributed by atoms with E-state index in [1.807, 2.05) is 12.2 Å². The molecule has 2 aliphatic rings. The Morgan fingerprint density at radius 2 is 2.50 bits per heavy atom. The van der Waals surface area contributed by atoms with Gasteiger partial charge in [-0.15, -0.1) is 0 Å². The molecule has 2 heteroatoms. The Bertz CT molecular complexity index is 282. The van der Waals surface area contributed by atoms with Crippen molar-refractivity contribution in [2.45, 2.75) is 6.42 Å². The van der Waals surface area contributed by atoms with E-state index in [0.29, 0.717) is 0 Å². The fourth-order valence-electron chi connectivity index (χ4n) is 1.05. The minimum atomic E-state index is 0.110. The molecule has 1 aliphatic heterocycles. The summed E-state index contributed by atoms with van der Waals surface area (Å²) in [6, 6.07) is 0. The number of aliphatic hydroxyl groups is 1. The van der Waals surface area contributed by atoms with Crippen molar-refractivity contribution in [1.82, 2.24) is 0 Å². The van der Waals surface area contributed by atoms with Crippen LogP contribution in [0.2, 0.25) is 0 Å². The van der Waals surface area contributed by atoms with Gasteiger partial charge in [0.1, 0.15) is 0 Å². The van der Waals surface area contributed by atoms with Crippen molar-refractivity contribution in [3.63, 3.8) is 0 Å². The minimum absolute atomic E-state index is 0.110. The third-order valence-corrected chi connectivity index (χ3v) is 1.52. The lowest BCUT2D eigenvalue weighted by Crippen LogP contribution is -1.98. The van der Waals surface area contributed by atoms with Crippen molar-refractivity contribution in [3.05, 3.63) is 35.8 Å². The van der Waals surface area contributed by atoms with Gasteiger partial charge in [0.2, 0.25) is 5.88 Å². The maximum absolute atomic E-state index is 8.95. The first kappa shape index (κ1) is 5.47. The van der Waals surface area contributed by atoms with Gasteiger partial charge in [0, 0.05) is 18.1 Å². The van der Waals surface area contributed by atoms with Crippen LogP contribution in [0.3, 0.4) is 0 Å². The molecular weight excluding hydrogens is 126 g/mol. The first-order valence-electron chi connectivity index (χ1n) is 3.13. The van der Waals surface area contributed by atoms with E-state index in [1.165, 1.54) is 0 Å². The predicted molar refractivity (Wildman–Crippen MR) is 38.7 cm³/mol. The topological polar surface area (TPSA) is 32.6 Å². The molecule has 0 fully saturated rings. The molecule has 1 aliphatic carbocycles. The van der Waals surface area contributed by atoms with Gasteiger partial charge < -0.3 is 5.11 Å². The largest absolute Gasteiger partial charge is 0.493 e. The van der Waals surface area contributed by atoms with Crippen LogP contribution in [0.4, 0.5) is 0 Å². The van der Waals surface area contributed by atoms with E-state index in [-0.39, 0.29) is 5.88 Å². The minimum Gasteiger partial charge on any atom is -0.493 e. The van der Waals surface area contributed by atoms with Crippen LogP contribution in [0.1, 0.15) is 6.42 Å². The van der Waals surface area contributed by atoms with Gasteiger partial charge in [-0.25, -0.2) is 4.99 Å². The zero-order chi connectivity index (χ0) is 6.97. The first-order chi connectivity index (χ1) is 4.86. The molecular formula is C8H6NO. The first-order valence-corrected chi connectivity index (χ1v) is 3.13. The summed E-state index contributed by atoms with van der Waals surface area (Å²) in [7, 11) is 0. The maximum atomic E-state index is 8.95. The van der Waals surface area contributed by atoms with Crippen molar-refractivity contribution in [2.75, 3.05) is 0 Å². The quantitative estimate of drug-likeness (QED) is 0.532. The van der Waals surface area contributed by atoms with Crippen LogP contribution < -0.4 is 0 Å². The lowest BCUT2D eigenvalue weighted by atomic mass is 10.0. The van der Waals surface area contributed by atoms with Crippen LogP contribution in [0.5, 0.6) is 0 Å². The highest BCUT2D eigenvalue weighted by Crippen LogP contribution is 2.19. The Morgan fingerprint density at radius 3 is 3.30 bits per heavy atom. The molecule has 2 rings (SSSR count). The van der Waals surface area contributed by atoms with Crippen molar-refractivity contribution in [1.29, 1.82) is 0 Å². The molecule has 0 saturated carbocycles. The molecule has 0 amide bonds. The van der Waals surface area contributed by atoms with E-state index in [9.17, 15) is 0 Å². The van der Waals surface area contributed by atoms with Gasteiger partial charge in [0.25, 0.3) is 0 Å². The average molecular weight is 132 g/mol. The monoisotopic (exact) mass is 132 g/mol. The second-order valence-corrected chi connectivity index (χ2v) is 2.24. The van der Waals surface area contributed by atoms with Gasteiger partial charge in [-0.05, 0) is 12.2 Å². The van der Waals surface area contributed by atoms with Gasteiger partial charge in [0.05, 0.1) is 5.71 Å². The van der Waals surface area contributed by atoms with Gasteiger partial charge >= 0.3 is 0 Å². The third kappa shape index (κ3) is 0.692. The summed E-state index contributed by atoms with van der Waals surface area (Å²) < 4.78 is 0. The molecule has 0 spiro atoms. The highest BCUT2D eigenvalue weighted by atomic mass is 16.3. The number of rotatable bonds is 0. The smallest absolute Gasteiger partial charge is 0.211 e. The van der Waals surface area contributed by atoms with Crippen LogP contribution in [0, 0.1) is 6.08 Å². The highest BCUT2D eigenvalue weighted by molar-refractivity contribution is 6.06. The molecule has 0 aromatic rings. The second-order valence-electron chi connectivity index (χ2n) is 2.24. The fraction of sp³-hybridized carbons (Fsp3) is 0.125. The number of hydrogen-bond donors (Lipinski definition) is 1. The van der Waals surface area contributed by atoms with E-state index < -0.39 is 0 Å². The van der Waals surface area contributed by atoms with Gasteiger partial charge in [0.15, 0.2) is 0 Å². The summed E-state index contributed by atoms with van der Waals surface area (Å²) in [5.74, 6) is 0.110. The molecule has 10 heavy (non-hydrogen) atoms. The molecule has 0 aromatic carbocycles. The zero-order valence-electron chi connectivity index (χ0n) is 5.33. The van der Waals surface area contributed by atoms with Crippen molar-refractivity contribution in [3.8, 4) is 0 Å². The van der Waals surface area contributed by atoms with Gasteiger partial charge in [-0.1, -0.05) is 6.08 Å². The van der Waals surface area contributed by atoms with E-state index >= 15 is 0 Å². The summed E-state index contributed by atoms with van der Waals surface area (Å²) >= 11 is 0. The third-order valence-electron chi connectivity index (χ3n) is 1.52. The Kier molecular flexibility index (Phi) is 1.01. The zero-order valence-corrected chi connectivity index (χ0v) is 5.33. The second kappa shape index (κ2) is 1.84. The van der Waals surface area contributed by atoms with E-state index in [4.69, 9.17) is 5.11 Å². The molecule has 1 N–H and O–H groups in total. The molecule has 2 nitrogen and oxygen atoms in total. The lowest BCUT2D eigenvalue weighted by molar-refractivity contribution is 0.409. The molecule has 0 aromatic heterocycles. The Balaban J connectivity index is 2.45. The van der Waals surface area contributed by atoms with Crippen LogP contribution in [0.15, 0.2) is 34.7 Å². The van der Waals surface area contributed by atoms with Crippen LogP contribution in [-0.4, -0.2) is 10.8 Å². The normalized spacial score (nSPS) is 21.4. The standard InChI is InChI=1S/C8H6NO/c10-8-5-6-3-1-2-4-7(6)9-8/h2-3,5,10H,4H2. The van der Waals surface area contributed by atoms with Crippen molar-refractivity contribution < 1.29 is 5.11 Å². The predicted octanol–water partition coefficient (Wildman–Crippen LogP) is 1.53. The summed E-state index contributed by atoms with van der Waals surface area (Å²) in [5.41, 5.74) is 1.93. The molecule has 49 valence electrons.